The molecule has 3 aromatic heterocycles. The summed E-state index contributed by atoms with van der Waals surface area (Å²) >= 11 is 0. The number of hydrogen-bond donors (Lipinski definition) is 2. The van der Waals surface area contributed by atoms with Crippen LogP contribution in [-0.4, -0.2) is 36.6 Å². The lowest BCUT2D eigenvalue weighted by molar-refractivity contribution is -0.121. The van der Waals surface area contributed by atoms with Gasteiger partial charge in [-0.1, -0.05) is 24.3 Å². The predicted octanol–water partition coefficient (Wildman–Crippen LogP) is 2.79. The van der Waals surface area contributed by atoms with Gasteiger partial charge in [-0.2, -0.15) is 0 Å². The number of rotatable bonds is 7. The van der Waals surface area contributed by atoms with Crippen LogP contribution < -0.4 is 10.9 Å². The van der Waals surface area contributed by atoms with E-state index in [0.717, 1.165) is 22.9 Å². The fraction of sp³-hybridized carbons (Fsp3) is 0.167. The minimum absolute atomic E-state index is 0.0975. The summed E-state index contributed by atoms with van der Waals surface area (Å²) in [5.41, 5.74) is 2.35. The highest BCUT2D eigenvalue weighted by Gasteiger charge is 2.13. The number of aryl methyl sites for hydroxylation is 1. The standard InChI is InChI=1S/C24H21FN6O2/c25-17-4-3-5-18(14-17)30-12-13-31-21(28-29-23(31)24(30)33)8-9-22(32)26-11-10-16-15-27-20-7-2-1-6-19(16)20/h1-7,12-15,27H,8-11H2,(H,26,32). The molecule has 0 spiro atoms. The summed E-state index contributed by atoms with van der Waals surface area (Å²) in [5.74, 6) is -0.0166. The van der Waals surface area contributed by atoms with Gasteiger partial charge < -0.3 is 10.3 Å². The van der Waals surface area contributed by atoms with E-state index in [-0.39, 0.29) is 18.0 Å². The summed E-state index contributed by atoms with van der Waals surface area (Å²) in [7, 11) is 0. The second-order valence-corrected chi connectivity index (χ2v) is 7.72. The molecule has 2 aromatic carbocycles. The van der Waals surface area contributed by atoms with E-state index < -0.39 is 11.4 Å². The molecule has 8 nitrogen and oxygen atoms in total. The Morgan fingerprint density at radius 3 is 2.82 bits per heavy atom. The first kappa shape index (κ1) is 20.6. The Morgan fingerprint density at radius 1 is 1.06 bits per heavy atom. The minimum Gasteiger partial charge on any atom is -0.361 e. The molecule has 0 radical (unpaired) electrons. The van der Waals surface area contributed by atoms with Gasteiger partial charge in [0.1, 0.15) is 11.6 Å². The van der Waals surface area contributed by atoms with Crippen molar-refractivity contribution in [2.75, 3.05) is 6.54 Å². The van der Waals surface area contributed by atoms with E-state index in [1.54, 1.807) is 16.7 Å². The molecule has 0 saturated carbocycles. The van der Waals surface area contributed by atoms with Gasteiger partial charge in [0.2, 0.25) is 11.6 Å². The molecule has 2 N–H and O–H groups in total. The molecule has 5 rings (SSSR count). The second kappa shape index (κ2) is 8.70. The van der Waals surface area contributed by atoms with Gasteiger partial charge in [0.05, 0.1) is 5.69 Å². The number of amides is 1. The number of benzene rings is 2. The van der Waals surface area contributed by atoms with Crippen molar-refractivity contribution in [1.82, 2.24) is 29.5 Å². The fourth-order valence-corrected chi connectivity index (χ4v) is 3.92. The van der Waals surface area contributed by atoms with Crippen molar-refractivity contribution in [3.05, 3.63) is 94.7 Å². The lowest BCUT2D eigenvalue weighted by Crippen LogP contribution is -2.26. The van der Waals surface area contributed by atoms with Crippen LogP contribution in [0.2, 0.25) is 0 Å². The van der Waals surface area contributed by atoms with Crippen LogP contribution in [0, 0.1) is 5.82 Å². The number of para-hydroxylation sites is 1. The van der Waals surface area contributed by atoms with Crippen LogP contribution in [0.3, 0.4) is 0 Å². The van der Waals surface area contributed by atoms with Crippen molar-refractivity contribution in [2.24, 2.45) is 0 Å². The monoisotopic (exact) mass is 444 g/mol. The second-order valence-electron chi connectivity index (χ2n) is 7.72. The SMILES string of the molecule is O=C(CCc1nnc2c(=O)n(-c3cccc(F)c3)ccn12)NCCc1c[nH]c2ccccc12. The van der Waals surface area contributed by atoms with Gasteiger partial charge in [-0.25, -0.2) is 4.39 Å². The van der Waals surface area contributed by atoms with Crippen molar-refractivity contribution in [1.29, 1.82) is 0 Å². The number of carbonyl (C=O) groups excluding carboxylic acids is 1. The molecule has 5 aromatic rings. The molecule has 0 unspecified atom stereocenters. The molecule has 0 atom stereocenters. The van der Waals surface area contributed by atoms with Crippen molar-refractivity contribution in [3.8, 4) is 5.69 Å². The van der Waals surface area contributed by atoms with E-state index in [4.69, 9.17) is 0 Å². The van der Waals surface area contributed by atoms with E-state index >= 15 is 0 Å². The lowest BCUT2D eigenvalue weighted by atomic mass is 10.1. The zero-order valence-electron chi connectivity index (χ0n) is 17.7. The summed E-state index contributed by atoms with van der Waals surface area (Å²) in [6.45, 7) is 0.527. The van der Waals surface area contributed by atoms with E-state index in [1.165, 1.54) is 29.0 Å². The first-order valence-electron chi connectivity index (χ1n) is 10.6. The third kappa shape index (κ3) is 4.12. The van der Waals surface area contributed by atoms with Crippen molar-refractivity contribution < 1.29 is 9.18 Å². The molecule has 0 bridgehead atoms. The van der Waals surface area contributed by atoms with Crippen molar-refractivity contribution in [3.63, 3.8) is 0 Å². The molecule has 9 heteroatoms. The number of aromatic amines is 1. The number of H-pyrrole nitrogens is 1. The van der Waals surface area contributed by atoms with Gasteiger partial charge >= 0.3 is 5.56 Å². The Hall–Kier alpha value is -4.27. The zero-order valence-corrected chi connectivity index (χ0v) is 17.7. The number of nitrogens with one attached hydrogen (secondary N) is 2. The van der Waals surface area contributed by atoms with Gasteiger partial charge in [-0.15, -0.1) is 10.2 Å². The molecule has 0 aliphatic carbocycles. The molecule has 0 saturated heterocycles. The van der Waals surface area contributed by atoms with Crippen LogP contribution in [0.4, 0.5) is 4.39 Å². The van der Waals surface area contributed by atoms with Crippen LogP contribution in [0.25, 0.3) is 22.2 Å². The summed E-state index contributed by atoms with van der Waals surface area (Å²) in [6.07, 6.45) is 6.44. The highest BCUT2D eigenvalue weighted by molar-refractivity contribution is 5.83. The Kier molecular flexibility index (Phi) is 5.43. The van der Waals surface area contributed by atoms with E-state index in [1.807, 2.05) is 24.4 Å². The highest BCUT2D eigenvalue weighted by Crippen LogP contribution is 2.17. The smallest absolute Gasteiger partial charge is 0.300 e. The molecule has 1 amide bonds. The van der Waals surface area contributed by atoms with Crippen LogP contribution in [0.1, 0.15) is 17.8 Å². The van der Waals surface area contributed by atoms with Crippen LogP contribution in [0.5, 0.6) is 0 Å². The van der Waals surface area contributed by atoms with Gasteiger partial charge in [-0.3, -0.25) is 18.6 Å². The summed E-state index contributed by atoms with van der Waals surface area (Å²) in [5, 5.41) is 12.1. The van der Waals surface area contributed by atoms with E-state index in [2.05, 4.69) is 26.6 Å². The predicted molar refractivity (Wildman–Crippen MR) is 122 cm³/mol. The number of nitrogens with zero attached hydrogens (tertiary/aromatic N) is 4. The Labute approximate surface area is 187 Å². The molecular formula is C24H21FN6O2. The van der Waals surface area contributed by atoms with Crippen LogP contribution in [-0.2, 0) is 17.6 Å². The summed E-state index contributed by atoms with van der Waals surface area (Å²) in [4.78, 5) is 28.3. The normalized spacial score (nSPS) is 11.3. The molecule has 3 heterocycles. The maximum Gasteiger partial charge on any atom is 0.300 e. The average molecular weight is 444 g/mol. The van der Waals surface area contributed by atoms with Gasteiger partial charge in [-0.05, 0) is 36.2 Å². The quantitative estimate of drug-likeness (QED) is 0.403. The maximum atomic E-state index is 13.5. The number of fused-ring (bicyclic) bond motifs is 2. The topological polar surface area (TPSA) is 97.1 Å². The maximum absolute atomic E-state index is 13.5. The number of carbonyl (C=O) groups is 1. The molecule has 33 heavy (non-hydrogen) atoms. The van der Waals surface area contributed by atoms with Gasteiger partial charge in [0.15, 0.2) is 0 Å². The Morgan fingerprint density at radius 2 is 1.94 bits per heavy atom. The average Bonchev–Trinajstić information content (AvgIpc) is 3.43. The van der Waals surface area contributed by atoms with Crippen LogP contribution in [0.15, 0.2) is 71.9 Å². The summed E-state index contributed by atoms with van der Waals surface area (Å²) < 4.78 is 16.4. The first-order valence-corrected chi connectivity index (χ1v) is 10.6. The van der Waals surface area contributed by atoms with Crippen molar-refractivity contribution in [2.45, 2.75) is 19.3 Å². The van der Waals surface area contributed by atoms with Crippen molar-refractivity contribution >= 4 is 22.5 Å². The molecule has 0 aliphatic heterocycles. The molecule has 0 aliphatic rings. The fourth-order valence-electron chi connectivity index (χ4n) is 3.92. The van der Waals surface area contributed by atoms with Gasteiger partial charge in [0, 0.05) is 48.9 Å². The van der Waals surface area contributed by atoms with Gasteiger partial charge in [0.25, 0.3) is 0 Å². The molecular weight excluding hydrogens is 423 g/mol. The Bertz CT molecular complexity index is 1520. The van der Waals surface area contributed by atoms with E-state index in [9.17, 15) is 14.0 Å². The number of aromatic nitrogens is 5. The lowest BCUT2D eigenvalue weighted by Gasteiger charge is -2.07. The first-order chi connectivity index (χ1) is 16.1. The Balaban J connectivity index is 1.22. The highest BCUT2D eigenvalue weighted by atomic mass is 19.1. The van der Waals surface area contributed by atoms with E-state index in [0.29, 0.717) is 24.5 Å². The third-order valence-electron chi connectivity index (χ3n) is 5.59. The molecule has 0 fully saturated rings. The summed E-state index contributed by atoms with van der Waals surface area (Å²) in [6, 6.07) is 13.8. The minimum atomic E-state index is -0.433. The zero-order chi connectivity index (χ0) is 22.8. The number of halogens is 1. The largest absolute Gasteiger partial charge is 0.361 e. The van der Waals surface area contributed by atoms with Crippen LogP contribution >= 0.6 is 0 Å². The molecule has 166 valence electrons. The third-order valence-corrected chi connectivity index (χ3v) is 5.59. The number of hydrogen-bond acceptors (Lipinski definition) is 4.